The lowest BCUT2D eigenvalue weighted by atomic mass is 10.1. The van der Waals surface area contributed by atoms with E-state index in [9.17, 15) is 26.7 Å². The molecule has 0 aromatic heterocycles. The molecule has 1 rings (SSSR count). The Hall–Kier alpha value is -1.18. The first-order valence-electron chi connectivity index (χ1n) is 4.94. The zero-order chi connectivity index (χ0) is 14.8. The quantitative estimate of drug-likeness (QED) is 0.590. The van der Waals surface area contributed by atoms with Gasteiger partial charge in [0.15, 0.2) is 0 Å². The van der Waals surface area contributed by atoms with Crippen LogP contribution in [0.1, 0.15) is 29.3 Å². The summed E-state index contributed by atoms with van der Waals surface area (Å²) < 4.78 is 65.2. The summed E-state index contributed by atoms with van der Waals surface area (Å²) in [4.78, 5) is 10.1. The van der Waals surface area contributed by atoms with E-state index >= 15 is 0 Å². The van der Waals surface area contributed by atoms with Gasteiger partial charge in [-0.3, -0.25) is 4.79 Å². The Morgan fingerprint density at radius 1 is 1.32 bits per heavy atom. The van der Waals surface area contributed by atoms with Crippen molar-refractivity contribution >= 4 is 21.7 Å². The van der Waals surface area contributed by atoms with Crippen molar-refractivity contribution in [1.82, 2.24) is 0 Å². The monoisotopic (exact) mass is 346 g/mol. The fourth-order valence-electron chi connectivity index (χ4n) is 1.33. The second kappa shape index (κ2) is 5.85. The van der Waals surface area contributed by atoms with E-state index in [1.807, 2.05) is 0 Å². The molecule has 0 saturated heterocycles. The van der Waals surface area contributed by atoms with Crippen molar-refractivity contribution in [2.75, 3.05) is 0 Å². The predicted octanol–water partition coefficient (Wildman–Crippen LogP) is 4.55. The maximum atomic E-state index is 12.5. The molecule has 1 aromatic rings. The number of rotatable bonds is 4. The van der Waals surface area contributed by atoms with E-state index in [-0.39, 0.29) is 5.56 Å². The van der Waals surface area contributed by atoms with Crippen molar-refractivity contribution in [2.45, 2.75) is 24.5 Å². The van der Waals surface area contributed by atoms with Gasteiger partial charge in [-0.2, -0.15) is 0 Å². The highest BCUT2D eigenvalue weighted by Crippen LogP contribution is 2.37. The number of ether oxygens (including phenoxy) is 1. The second-order valence-corrected chi connectivity index (χ2v) is 4.53. The molecule has 2 nitrogen and oxygen atoms in total. The summed E-state index contributed by atoms with van der Waals surface area (Å²) in [6, 6.07) is 2.52. The molecule has 0 aliphatic carbocycles. The maximum Gasteiger partial charge on any atom is 0.573 e. The zero-order valence-corrected chi connectivity index (χ0v) is 11.1. The zero-order valence-electron chi connectivity index (χ0n) is 9.47. The Morgan fingerprint density at radius 2 is 1.89 bits per heavy atom. The number of halogens is 6. The van der Waals surface area contributed by atoms with E-state index in [2.05, 4.69) is 20.7 Å². The third-order valence-corrected chi connectivity index (χ3v) is 3.28. The Morgan fingerprint density at radius 3 is 2.32 bits per heavy atom. The molecular weight excluding hydrogens is 339 g/mol. The van der Waals surface area contributed by atoms with Gasteiger partial charge in [0.2, 0.25) is 0 Å². The fourth-order valence-corrected chi connectivity index (χ4v) is 1.71. The average molecular weight is 347 g/mol. The molecule has 0 amide bonds. The van der Waals surface area contributed by atoms with Crippen LogP contribution in [-0.2, 0) is 4.79 Å². The molecule has 0 heterocycles. The SMILES string of the molecule is CC(=O)C(Br)c1ccc(C(F)F)cc1OC(F)(F)F. The van der Waals surface area contributed by atoms with Gasteiger partial charge in [-0.25, -0.2) is 8.78 Å². The van der Waals surface area contributed by atoms with Crippen LogP contribution in [-0.4, -0.2) is 12.1 Å². The van der Waals surface area contributed by atoms with Crippen molar-refractivity contribution in [2.24, 2.45) is 0 Å². The number of alkyl halides is 6. The molecule has 0 radical (unpaired) electrons. The Balaban J connectivity index is 3.26. The number of carbonyl (C=O) groups excluding carboxylic acids is 1. The van der Waals surface area contributed by atoms with Gasteiger partial charge in [0.1, 0.15) is 16.4 Å². The molecule has 19 heavy (non-hydrogen) atoms. The molecule has 1 aromatic carbocycles. The van der Waals surface area contributed by atoms with Crippen LogP contribution in [0.2, 0.25) is 0 Å². The number of hydrogen-bond acceptors (Lipinski definition) is 2. The van der Waals surface area contributed by atoms with Crippen LogP contribution in [0.25, 0.3) is 0 Å². The average Bonchev–Trinajstić information content (AvgIpc) is 2.25. The maximum absolute atomic E-state index is 12.5. The summed E-state index contributed by atoms with van der Waals surface area (Å²) in [6.45, 7) is 1.15. The Labute approximate surface area is 113 Å². The van der Waals surface area contributed by atoms with Gasteiger partial charge in [-0.05, 0) is 13.0 Å². The number of Topliss-reactive ketones (excluding diaryl/α,β-unsaturated/α-hetero) is 1. The minimum absolute atomic E-state index is 0.158. The molecule has 0 N–H and O–H groups in total. The van der Waals surface area contributed by atoms with E-state index in [0.717, 1.165) is 19.1 Å². The van der Waals surface area contributed by atoms with Crippen LogP contribution in [0, 0.1) is 0 Å². The predicted molar refractivity (Wildman–Crippen MR) is 60.4 cm³/mol. The number of carbonyl (C=O) groups is 1. The van der Waals surface area contributed by atoms with E-state index in [0.29, 0.717) is 6.07 Å². The van der Waals surface area contributed by atoms with Crippen molar-refractivity contribution < 1.29 is 31.5 Å². The molecule has 1 atom stereocenters. The molecule has 106 valence electrons. The molecule has 0 saturated carbocycles. The highest BCUT2D eigenvalue weighted by Gasteiger charge is 2.33. The van der Waals surface area contributed by atoms with Crippen LogP contribution >= 0.6 is 15.9 Å². The van der Waals surface area contributed by atoms with Crippen LogP contribution in [0.5, 0.6) is 5.75 Å². The number of hydrogen-bond donors (Lipinski definition) is 0. The first-order chi connectivity index (χ1) is 8.61. The molecule has 0 fully saturated rings. The molecule has 8 heteroatoms. The van der Waals surface area contributed by atoms with Gasteiger partial charge in [0.05, 0.1) is 0 Å². The Bertz CT molecular complexity index is 473. The van der Waals surface area contributed by atoms with Gasteiger partial charge >= 0.3 is 6.36 Å². The third kappa shape index (κ3) is 4.45. The molecule has 0 aliphatic rings. The van der Waals surface area contributed by atoms with Gasteiger partial charge in [0, 0.05) is 11.1 Å². The molecule has 1 unspecified atom stereocenters. The van der Waals surface area contributed by atoms with E-state index in [1.165, 1.54) is 0 Å². The third-order valence-electron chi connectivity index (χ3n) is 2.15. The topological polar surface area (TPSA) is 26.3 Å². The lowest BCUT2D eigenvalue weighted by Gasteiger charge is -2.16. The minimum atomic E-state index is -5.03. The lowest BCUT2D eigenvalue weighted by Crippen LogP contribution is -2.19. The summed E-state index contributed by atoms with van der Waals surface area (Å²) >= 11 is 2.89. The fraction of sp³-hybridized carbons (Fsp3) is 0.364. The smallest absolute Gasteiger partial charge is 0.405 e. The number of benzene rings is 1. The minimum Gasteiger partial charge on any atom is -0.405 e. The summed E-state index contributed by atoms with van der Waals surface area (Å²) in [6.07, 6.45) is -7.96. The highest BCUT2D eigenvalue weighted by atomic mass is 79.9. The molecular formula is C11H8BrF5O2. The van der Waals surface area contributed by atoms with Gasteiger partial charge in [-0.15, -0.1) is 13.2 Å². The van der Waals surface area contributed by atoms with Crippen LogP contribution < -0.4 is 4.74 Å². The van der Waals surface area contributed by atoms with Crippen molar-refractivity contribution in [3.05, 3.63) is 29.3 Å². The van der Waals surface area contributed by atoms with Crippen molar-refractivity contribution in [1.29, 1.82) is 0 Å². The van der Waals surface area contributed by atoms with Crippen molar-refractivity contribution in [3.63, 3.8) is 0 Å². The van der Waals surface area contributed by atoms with E-state index in [1.54, 1.807) is 0 Å². The summed E-state index contributed by atoms with van der Waals surface area (Å²) in [5.74, 6) is -1.29. The molecule has 0 aliphatic heterocycles. The molecule has 0 bridgehead atoms. The van der Waals surface area contributed by atoms with Gasteiger partial charge in [0.25, 0.3) is 6.43 Å². The van der Waals surface area contributed by atoms with Crippen molar-refractivity contribution in [3.8, 4) is 5.75 Å². The summed E-state index contributed by atoms with van der Waals surface area (Å²) in [7, 11) is 0. The van der Waals surface area contributed by atoms with Crippen LogP contribution in [0.15, 0.2) is 18.2 Å². The van der Waals surface area contributed by atoms with Crippen LogP contribution in [0.3, 0.4) is 0 Å². The lowest BCUT2D eigenvalue weighted by molar-refractivity contribution is -0.275. The first-order valence-corrected chi connectivity index (χ1v) is 5.85. The molecule has 0 spiro atoms. The standard InChI is InChI=1S/C11H8BrF5O2/c1-5(18)9(12)7-3-2-6(10(13)14)4-8(7)19-11(15,16)17/h2-4,9-10H,1H3. The normalized spacial score (nSPS) is 13.5. The van der Waals surface area contributed by atoms with Gasteiger partial charge < -0.3 is 4.74 Å². The van der Waals surface area contributed by atoms with Crippen LogP contribution in [0.4, 0.5) is 22.0 Å². The van der Waals surface area contributed by atoms with E-state index < -0.39 is 34.7 Å². The first kappa shape index (κ1) is 15.9. The number of ketones is 1. The summed E-state index contributed by atoms with van der Waals surface area (Å²) in [5, 5.41) is 0. The summed E-state index contributed by atoms with van der Waals surface area (Å²) in [5.41, 5.74) is -0.777. The van der Waals surface area contributed by atoms with E-state index in [4.69, 9.17) is 0 Å². The van der Waals surface area contributed by atoms with Gasteiger partial charge in [-0.1, -0.05) is 28.1 Å². The highest BCUT2D eigenvalue weighted by molar-refractivity contribution is 9.09. The Kier molecular flexibility index (Phi) is 4.89. The second-order valence-electron chi connectivity index (χ2n) is 3.62. The largest absolute Gasteiger partial charge is 0.573 e.